The highest BCUT2D eigenvalue weighted by atomic mass is 35.5. The Balaban J connectivity index is 0.00000200. The number of halogens is 3. The van der Waals surface area contributed by atoms with E-state index in [2.05, 4.69) is 0 Å². The molecule has 3 nitrogen and oxygen atoms in total. The van der Waals surface area contributed by atoms with E-state index in [4.69, 9.17) is 28.9 Å². The van der Waals surface area contributed by atoms with Gasteiger partial charge in [0.25, 0.3) is 0 Å². The Morgan fingerprint density at radius 1 is 1.35 bits per heavy atom. The van der Waals surface area contributed by atoms with E-state index < -0.39 is 0 Å². The van der Waals surface area contributed by atoms with E-state index in [0.29, 0.717) is 16.6 Å². The molecule has 2 N–H and O–H groups in total. The number of carbonyl (C=O) groups is 1. The van der Waals surface area contributed by atoms with Crippen LogP contribution in [0.25, 0.3) is 0 Å². The molecule has 1 aromatic carbocycles. The van der Waals surface area contributed by atoms with Crippen LogP contribution in [0, 0.1) is 5.92 Å². The first-order valence-corrected chi connectivity index (χ1v) is 7.19. The number of nitrogens with two attached hydrogens (primary N) is 1. The minimum absolute atomic E-state index is 0. The molecular formula is C14H19Cl3N2O. The zero-order valence-electron chi connectivity index (χ0n) is 11.3. The molecule has 2 unspecified atom stereocenters. The third-order valence-corrected chi connectivity index (χ3v) is 4.41. The van der Waals surface area contributed by atoms with Crippen LogP contribution in [-0.2, 0) is 11.3 Å². The fourth-order valence-corrected chi connectivity index (χ4v) is 2.89. The third kappa shape index (κ3) is 4.01. The molecule has 1 amide bonds. The number of carbonyl (C=O) groups excluding carboxylic acids is 1. The lowest BCUT2D eigenvalue weighted by Gasteiger charge is -2.23. The van der Waals surface area contributed by atoms with Crippen LogP contribution in [0.5, 0.6) is 0 Å². The maximum atomic E-state index is 12.3. The minimum Gasteiger partial charge on any atom is -0.341 e. The van der Waals surface area contributed by atoms with Gasteiger partial charge in [-0.2, -0.15) is 0 Å². The Morgan fingerprint density at radius 2 is 2.05 bits per heavy atom. The van der Waals surface area contributed by atoms with Crippen LogP contribution in [-0.4, -0.2) is 23.9 Å². The first-order chi connectivity index (χ1) is 8.99. The summed E-state index contributed by atoms with van der Waals surface area (Å²) < 4.78 is 0. The van der Waals surface area contributed by atoms with Crippen LogP contribution in [0.2, 0.25) is 10.0 Å². The topological polar surface area (TPSA) is 46.3 Å². The van der Waals surface area contributed by atoms with Gasteiger partial charge in [-0.1, -0.05) is 35.7 Å². The van der Waals surface area contributed by atoms with E-state index in [1.807, 2.05) is 6.07 Å². The normalized spacial score (nSPS) is 21.4. The van der Waals surface area contributed by atoms with Crippen LogP contribution >= 0.6 is 35.6 Å². The van der Waals surface area contributed by atoms with Gasteiger partial charge in [0.1, 0.15) is 0 Å². The third-order valence-electron chi connectivity index (χ3n) is 3.67. The summed E-state index contributed by atoms with van der Waals surface area (Å²) in [6.07, 6.45) is 2.88. The van der Waals surface area contributed by atoms with Gasteiger partial charge in [0.05, 0.1) is 16.0 Å². The first-order valence-electron chi connectivity index (χ1n) is 6.43. The van der Waals surface area contributed by atoms with Crippen molar-refractivity contribution < 1.29 is 4.79 Å². The van der Waals surface area contributed by atoms with Crippen LogP contribution in [0.15, 0.2) is 18.2 Å². The van der Waals surface area contributed by atoms with Crippen molar-refractivity contribution in [2.45, 2.75) is 31.8 Å². The highest BCUT2D eigenvalue weighted by Crippen LogP contribution is 2.27. The van der Waals surface area contributed by atoms with Crippen molar-refractivity contribution in [1.29, 1.82) is 0 Å². The van der Waals surface area contributed by atoms with Gasteiger partial charge in [0, 0.05) is 19.6 Å². The fourth-order valence-electron chi connectivity index (χ4n) is 2.57. The van der Waals surface area contributed by atoms with Crippen LogP contribution in [0.3, 0.4) is 0 Å². The number of nitrogens with zero attached hydrogens (tertiary/aromatic N) is 1. The Bertz CT molecular complexity index is 481. The summed E-state index contributed by atoms with van der Waals surface area (Å²) in [5.74, 6) is 0.0869. The zero-order chi connectivity index (χ0) is 14.0. The zero-order valence-corrected chi connectivity index (χ0v) is 13.6. The van der Waals surface area contributed by atoms with E-state index in [0.717, 1.165) is 24.8 Å². The Kier molecular flexibility index (Phi) is 6.59. The molecule has 0 radical (unpaired) electrons. The molecule has 1 aromatic rings. The first kappa shape index (κ1) is 17.6. The molecule has 2 rings (SSSR count). The maximum Gasteiger partial charge on any atom is 0.227 e. The van der Waals surface area contributed by atoms with Crippen molar-refractivity contribution in [2.24, 2.45) is 11.7 Å². The minimum atomic E-state index is -0.0345. The van der Waals surface area contributed by atoms with Crippen molar-refractivity contribution in [1.82, 2.24) is 4.90 Å². The number of hydrogen-bond acceptors (Lipinski definition) is 2. The lowest BCUT2D eigenvalue weighted by molar-refractivity contribution is -0.134. The summed E-state index contributed by atoms with van der Waals surface area (Å²) >= 11 is 11.8. The molecular weight excluding hydrogens is 319 g/mol. The quantitative estimate of drug-likeness (QED) is 0.917. The second-order valence-electron chi connectivity index (χ2n) is 5.14. The highest BCUT2D eigenvalue weighted by molar-refractivity contribution is 6.42. The van der Waals surface area contributed by atoms with Crippen LogP contribution in [0.1, 0.15) is 24.8 Å². The fraction of sp³-hybridized carbons (Fsp3) is 0.500. The van der Waals surface area contributed by atoms with Crippen molar-refractivity contribution in [2.75, 3.05) is 7.05 Å². The van der Waals surface area contributed by atoms with Gasteiger partial charge in [-0.05, 0) is 30.5 Å². The van der Waals surface area contributed by atoms with Crippen molar-refractivity contribution in [3.05, 3.63) is 33.8 Å². The van der Waals surface area contributed by atoms with Gasteiger partial charge < -0.3 is 10.6 Å². The smallest absolute Gasteiger partial charge is 0.227 e. The number of hydrogen-bond donors (Lipinski definition) is 1. The van der Waals surface area contributed by atoms with E-state index in [-0.39, 0.29) is 30.3 Å². The van der Waals surface area contributed by atoms with Gasteiger partial charge in [-0.3, -0.25) is 4.79 Å². The lowest BCUT2D eigenvalue weighted by Crippen LogP contribution is -2.39. The van der Waals surface area contributed by atoms with E-state index >= 15 is 0 Å². The van der Waals surface area contributed by atoms with Gasteiger partial charge in [0.2, 0.25) is 5.91 Å². The summed E-state index contributed by atoms with van der Waals surface area (Å²) in [5, 5.41) is 1.04. The molecule has 0 aliphatic heterocycles. The van der Waals surface area contributed by atoms with Gasteiger partial charge in [-0.15, -0.1) is 12.4 Å². The summed E-state index contributed by atoms with van der Waals surface area (Å²) in [4.78, 5) is 14.0. The summed E-state index contributed by atoms with van der Waals surface area (Å²) in [6, 6.07) is 5.43. The van der Waals surface area contributed by atoms with E-state index in [9.17, 15) is 4.79 Å². The van der Waals surface area contributed by atoms with Gasteiger partial charge in [0.15, 0.2) is 0 Å². The predicted octanol–water partition coefficient (Wildman–Crippen LogP) is 3.50. The predicted molar refractivity (Wildman–Crippen MR) is 85.5 cm³/mol. The Morgan fingerprint density at radius 3 is 2.60 bits per heavy atom. The van der Waals surface area contributed by atoms with E-state index in [1.54, 1.807) is 24.1 Å². The van der Waals surface area contributed by atoms with Crippen LogP contribution < -0.4 is 5.73 Å². The molecule has 6 heteroatoms. The molecule has 1 aliphatic carbocycles. The number of rotatable bonds is 3. The number of amides is 1. The van der Waals surface area contributed by atoms with E-state index in [1.165, 1.54) is 0 Å². The molecule has 1 fully saturated rings. The molecule has 0 heterocycles. The van der Waals surface area contributed by atoms with Crippen molar-refractivity contribution in [3.8, 4) is 0 Å². The number of benzene rings is 1. The van der Waals surface area contributed by atoms with Crippen LogP contribution in [0.4, 0.5) is 0 Å². The van der Waals surface area contributed by atoms with Crippen molar-refractivity contribution >= 4 is 41.5 Å². The van der Waals surface area contributed by atoms with Gasteiger partial charge >= 0.3 is 0 Å². The standard InChI is InChI=1S/C14H18Cl2N2O.ClH/c1-18(14(19)10-3-2-4-13(10)17)8-9-5-6-11(15)12(16)7-9;/h5-7,10,13H,2-4,8,17H2,1H3;1H. The molecule has 0 saturated heterocycles. The average Bonchev–Trinajstić information content (AvgIpc) is 2.79. The second kappa shape index (κ2) is 7.51. The molecule has 112 valence electrons. The second-order valence-corrected chi connectivity index (χ2v) is 5.96. The Labute approximate surface area is 135 Å². The average molecular weight is 338 g/mol. The summed E-state index contributed by atoms with van der Waals surface area (Å²) in [6.45, 7) is 0.527. The molecule has 0 aromatic heterocycles. The molecule has 2 atom stereocenters. The molecule has 1 aliphatic rings. The molecule has 0 spiro atoms. The summed E-state index contributed by atoms with van der Waals surface area (Å²) in [7, 11) is 1.80. The van der Waals surface area contributed by atoms with Gasteiger partial charge in [-0.25, -0.2) is 0 Å². The molecule has 0 bridgehead atoms. The SMILES string of the molecule is CN(Cc1ccc(Cl)c(Cl)c1)C(=O)C1CCCC1N.Cl. The lowest BCUT2D eigenvalue weighted by atomic mass is 10.0. The maximum absolute atomic E-state index is 12.3. The monoisotopic (exact) mass is 336 g/mol. The molecule has 1 saturated carbocycles. The Hall–Kier alpha value is -0.480. The summed E-state index contributed by atoms with van der Waals surface area (Å²) in [5.41, 5.74) is 6.94. The molecule has 20 heavy (non-hydrogen) atoms. The highest BCUT2D eigenvalue weighted by Gasteiger charge is 2.32. The van der Waals surface area contributed by atoms with Crippen molar-refractivity contribution in [3.63, 3.8) is 0 Å². The largest absolute Gasteiger partial charge is 0.341 e.